The molecule has 0 bridgehead atoms. The van der Waals surface area contributed by atoms with Crippen molar-refractivity contribution < 1.29 is 4.74 Å². The van der Waals surface area contributed by atoms with Gasteiger partial charge in [-0.1, -0.05) is 72.3 Å². The van der Waals surface area contributed by atoms with E-state index in [1.807, 2.05) is 95.8 Å². The molecule has 2 aromatic heterocycles. The summed E-state index contributed by atoms with van der Waals surface area (Å²) in [6.07, 6.45) is 3.77. The SMILES string of the molecule is Cc1ccc(COc2cccc(-c3nn(-c4ccccc4)cc3/C=C(/C#N)c3nc4ccccc4[nH]3)c2)cc1. The predicted octanol–water partition coefficient (Wildman–Crippen LogP) is 7.37. The van der Waals surface area contributed by atoms with Crippen LogP contribution in [0.3, 0.4) is 0 Å². The minimum Gasteiger partial charge on any atom is -0.489 e. The van der Waals surface area contributed by atoms with E-state index in [1.54, 1.807) is 0 Å². The minimum absolute atomic E-state index is 0.423. The highest BCUT2D eigenvalue weighted by molar-refractivity contribution is 5.92. The Morgan fingerprint density at radius 2 is 1.74 bits per heavy atom. The van der Waals surface area contributed by atoms with Crippen LogP contribution >= 0.6 is 0 Å². The summed E-state index contributed by atoms with van der Waals surface area (Å²) in [7, 11) is 0. The molecule has 0 saturated carbocycles. The molecule has 0 radical (unpaired) electrons. The first-order valence-electron chi connectivity index (χ1n) is 12.7. The largest absolute Gasteiger partial charge is 0.489 e. The molecule has 0 aliphatic heterocycles. The van der Waals surface area contributed by atoms with E-state index in [4.69, 9.17) is 9.84 Å². The molecule has 0 fully saturated rings. The molecule has 0 atom stereocenters. The minimum atomic E-state index is 0.423. The van der Waals surface area contributed by atoms with Crippen LogP contribution in [0.5, 0.6) is 5.75 Å². The molecular formula is C33H25N5O. The quantitative estimate of drug-likeness (QED) is 0.229. The molecule has 6 aromatic rings. The first-order valence-corrected chi connectivity index (χ1v) is 12.7. The molecule has 6 heteroatoms. The maximum atomic E-state index is 10.1. The summed E-state index contributed by atoms with van der Waals surface area (Å²) in [6.45, 7) is 2.54. The highest BCUT2D eigenvalue weighted by Crippen LogP contribution is 2.30. The number of fused-ring (bicyclic) bond motifs is 1. The number of nitriles is 1. The van der Waals surface area contributed by atoms with E-state index in [9.17, 15) is 5.26 Å². The van der Waals surface area contributed by atoms with Crippen LogP contribution in [0.25, 0.3) is 39.6 Å². The topological polar surface area (TPSA) is 79.5 Å². The molecule has 0 saturated heterocycles. The lowest BCUT2D eigenvalue weighted by Crippen LogP contribution is -1.96. The third kappa shape index (κ3) is 5.20. The van der Waals surface area contributed by atoms with Crippen molar-refractivity contribution in [1.82, 2.24) is 19.7 Å². The van der Waals surface area contributed by atoms with Gasteiger partial charge in [0.2, 0.25) is 0 Å². The van der Waals surface area contributed by atoms with Crippen molar-refractivity contribution in [2.75, 3.05) is 0 Å². The van der Waals surface area contributed by atoms with Crippen LogP contribution in [0.2, 0.25) is 0 Å². The van der Waals surface area contributed by atoms with Crippen LogP contribution in [0.4, 0.5) is 0 Å². The summed E-state index contributed by atoms with van der Waals surface area (Å²) in [6, 6.07) is 36.2. The number of hydrogen-bond acceptors (Lipinski definition) is 4. The molecular weight excluding hydrogens is 482 g/mol. The fraction of sp³-hybridized carbons (Fsp3) is 0.0606. The van der Waals surface area contributed by atoms with E-state index in [-0.39, 0.29) is 0 Å². The van der Waals surface area contributed by atoms with Crippen LogP contribution in [-0.2, 0) is 6.61 Å². The Morgan fingerprint density at radius 3 is 2.54 bits per heavy atom. The number of aromatic nitrogens is 4. The van der Waals surface area contributed by atoms with E-state index >= 15 is 0 Å². The number of ether oxygens (including phenoxy) is 1. The molecule has 2 heterocycles. The Kier molecular flexibility index (Phi) is 6.46. The van der Waals surface area contributed by atoms with Gasteiger partial charge in [-0.25, -0.2) is 9.67 Å². The number of imidazole rings is 1. The lowest BCUT2D eigenvalue weighted by molar-refractivity contribution is 0.306. The first kappa shape index (κ1) is 24.0. The number of benzene rings is 4. The molecule has 0 aliphatic carbocycles. The lowest BCUT2D eigenvalue weighted by atomic mass is 10.1. The zero-order valence-electron chi connectivity index (χ0n) is 21.4. The summed E-state index contributed by atoms with van der Waals surface area (Å²) in [4.78, 5) is 7.89. The summed E-state index contributed by atoms with van der Waals surface area (Å²) in [5, 5.41) is 15.0. The van der Waals surface area contributed by atoms with E-state index in [2.05, 4.69) is 47.2 Å². The van der Waals surface area contributed by atoms with Crippen LogP contribution in [0.15, 0.2) is 109 Å². The van der Waals surface area contributed by atoms with Crippen molar-refractivity contribution in [2.45, 2.75) is 13.5 Å². The highest BCUT2D eigenvalue weighted by atomic mass is 16.5. The third-order valence-corrected chi connectivity index (χ3v) is 6.46. The molecule has 6 rings (SSSR count). The highest BCUT2D eigenvalue weighted by Gasteiger charge is 2.15. The molecule has 0 spiro atoms. The van der Waals surface area contributed by atoms with Gasteiger partial charge in [-0.2, -0.15) is 10.4 Å². The number of aryl methyl sites for hydroxylation is 1. The maximum absolute atomic E-state index is 10.1. The van der Waals surface area contributed by atoms with Gasteiger partial charge in [0, 0.05) is 17.3 Å². The zero-order chi connectivity index (χ0) is 26.6. The van der Waals surface area contributed by atoms with E-state index in [0.717, 1.165) is 44.9 Å². The fourth-order valence-corrected chi connectivity index (χ4v) is 4.40. The maximum Gasteiger partial charge on any atom is 0.149 e. The second-order valence-electron chi connectivity index (χ2n) is 9.29. The summed E-state index contributed by atoms with van der Waals surface area (Å²) < 4.78 is 7.94. The number of para-hydroxylation sites is 3. The third-order valence-electron chi connectivity index (χ3n) is 6.46. The second-order valence-corrected chi connectivity index (χ2v) is 9.29. The summed E-state index contributed by atoms with van der Waals surface area (Å²) >= 11 is 0. The van der Waals surface area contributed by atoms with Gasteiger partial charge in [0.15, 0.2) is 0 Å². The number of allylic oxidation sites excluding steroid dienone is 1. The zero-order valence-corrected chi connectivity index (χ0v) is 21.4. The Bertz CT molecular complexity index is 1790. The van der Waals surface area contributed by atoms with Gasteiger partial charge >= 0.3 is 0 Å². The van der Waals surface area contributed by atoms with Crippen molar-refractivity contribution in [3.05, 3.63) is 132 Å². The smallest absolute Gasteiger partial charge is 0.149 e. The molecule has 4 aromatic carbocycles. The number of nitrogens with one attached hydrogen (secondary N) is 1. The second kappa shape index (κ2) is 10.5. The summed E-state index contributed by atoms with van der Waals surface area (Å²) in [5.41, 5.74) is 7.79. The van der Waals surface area contributed by atoms with E-state index in [0.29, 0.717) is 18.0 Å². The number of hydrogen-bond donors (Lipinski definition) is 1. The standard InChI is InChI=1S/C33H25N5O/c1-23-14-16-24(17-15-23)22-39-29-11-7-8-25(19-29)32-27(21-38(37-32)28-9-3-2-4-10-28)18-26(20-34)33-35-30-12-5-6-13-31(30)36-33/h2-19,21H,22H2,1H3,(H,35,36)/b26-18-. The normalized spacial score (nSPS) is 11.4. The van der Waals surface area contributed by atoms with Crippen molar-refractivity contribution in [2.24, 2.45) is 0 Å². The van der Waals surface area contributed by atoms with Crippen molar-refractivity contribution in [1.29, 1.82) is 5.26 Å². The lowest BCUT2D eigenvalue weighted by Gasteiger charge is -2.08. The van der Waals surface area contributed by atoms with Gasteiger partial charge < -0.3 is 9.72 Å². The van der Waals surface area contributed by atoms with Crippen LogP contribution < -0.4 is 4.74 Å². The number of H-pyrrole nitrogens is 1. The predicted molar refractivity (Wildman–Crippen MR) is 154 cm³/mol. The molecule has 1 N–H and O–H groups in total. The van der Waals surface area contributed by atoms with Gasteiger partial charge in [-0.15, -0.1) is 0 Å². The van der Waals surface area contributed by atoms with Gasteiger partial charge in [0.1, 0.15) is 29.9 Å². The van der Waals surface area contributed by atoms with Crippen molar-refractivity contribution >= 4 is 22.7 Å². The monoisotopic (exact) mass is 507 g/mol. The van der Waals surface area contributed by atoms with Gasteiger partial charge in [-0.05, 0) is 55.0 Å². The van der Waals surface area contributed by atoms with Gasteiger partial charge in [0.25, 0.3) is 0 Å². The Balaban J connectivity index is 1.39. The van der Waals surface area contributed by atoms with Crippen LogP contribution in [0.1, 0.15) is 22.5 Å². The van der Waals surface area contributed by atoms with E-state index < -0.39 is 0 Å². The van der Waals surface area contributed by atoms with Gasteiger partial charge in [0.05, 0.1) is 22.3 Å². The molecule has 0 amide bonds. The number of nitrogens with zero attached hydrogens (tertiary/aromatic N) is 4. The molecule has 0 unspecified atom stereocenters. The summed E-state index contributed by atoms with van der Waals surface area (Å²) in [5.74, 6) is 1.27. The average Bonchev–Trinajstić information content (AvgIpc) is 3.61. The number of aromatic amines is 1. The molecule has 6 nitrogen and oxygen atoms in total. The fourth-order valence-electron chi connectivity index (χ4n) is 4.40. The van der Waals surface area contributed by atoms with E-state index in [1.165, 1.54) is 5.56 Å². The van der Waals surface area contributed by atoms with Crippen molar-refractivity contribution in [3.8, 4) is 28.8 Å². The molecule has 39 heavy (non-hydrogen) atoms. The Labute approximate surface area is 226 Å². The number of rotatable bonds is 7. The Hall–Kier alpha value is -5.41. The average molecular weight is 508 g/mol. The van der Waals surface area contributed by atoms with Crippen molar-refractivity contribution in [3.63, 3.8) is 0 Å². The molecule has 0 aliphatic rings. The first-order chi connectivity index (χ1) is 19.2. The van der Waals surface area contributed by atoms with Gasteiger partial charge in [-0.3, -0.25) is 0 Å². The molecule has 188 valence electrons. The van der Waals surface area contributed by atoms with Crippen LogP contribution in [0, 0.1) is 18.3 Å². The van der Waals surface area contributed by atoms with Crippen LogP contribution in [-0.4, -0.2) is 19.7 Å². The Morgan fingerprint density at radius 1 is 0.949 bits per heavy atom.